The molecule has 7 heteroatoms. The van der Waals surface area contributed by atoms with Gasteiger partial charge in [0.05, 0.1) is 31.7 Å². The van der Waals surface area contributed by atoms with Crippen LogP contribution in [0.1, 0.15) is 19.8 Å². The van der Waals surface area contributed by atoms with Gasteiger partial charge in [0.25, 0.3) is 0 Å². The number of aliphatic hydroxyl groups is 1. The number of sulfone groups is 1. The van der Waals surface area contributed by atoms with Gasteiger partial charge >= 0.3 is 0 Å². The zero-order chi connectivity index (χ0) is 14.6. The molecule has 6 nitrogen and oxygen atoms in total. The van der Waals surface area contributed by atoms with Gasteiger partial charge in [-0.3, -0.25) is 0 Å². The summed E-state index contributed by atoms with van der Waals surface area (Å²) in [7, 11) is -2.95. The van der Waals surface area contributed by atoms with E-state index in [1.165, 1.54) is 6.26 Å². The molecule has 1 unspecified atom stereocenters. The van der Waals surface area contributed by atoms with E-state index in [0.29, 0.717) is 26.3 Å². The maximum absolute atomic E-state index is 10.9. The highest BCUT2D eigenvalue weighted by atomic mass is 32.2. The van der Waals surface area contributed by atoms with Crippen LogP contribution < -0.4 is 5.32 Å². The molecule has 1 atom stereocenters. The van der Waals surface area contributed by atoms with Crippen molar-refractivity contribution in [2.45, 2.75) is 25.9 Å². The minimum Gasteiger partial charge on any atom is -0.389 e. The quantitative estimate of drug-likeness (QED) is 0.459. The van der Waals surface area contributed by atoms with Gasteiger partial charge in [0.1, 0.15) is 9.84 Å². The zero-order valence-corrected chi connectivity index (χ0v) is 12.7. The maximum Gasteiger partial charge on any atom is 0.148 e. The molecule has 0 saturated heterocycles. The Hall–Kier alpha value is -0.210. The van der Waals surface area contributed by atoms with E-state index >= 15 is 0 Å². The molecule has 0 aliphatic heterocycles. The molecule has 0 saturated carbocycles. The van der Waals surface area contributed by atoms with Crippen molar-refractivity contribution in [2.75, 3.05) is 51.5 Å². The summed E-state index contributed by atoms with van der Waals surface area (Å²) >= 11 is 0. The first-order chi connectivity index (χ1) is 8.95. The number of aliphatic hydroxyl groups excluding tert-OH is 1. The van der Waals surface area contributed by atoms with Gasteiger partial charge in [-0.25, -0.2) is 8.42 Å². The molecule has 0 bridgehead atoms. The number of hydrogen-bond donors (Lipinski definition) is 2. The van der Waals surface area contributed by atoms with E-state index in [4.69, 9.17) is 9.47 Å². The number of hydrogen-bond acceptors (Lipinski definition) is 6. The van der Waals surface area contributed by atoms with Crippen molar-refractivity contribution in [1.29, 1.82) is 0 Å². The van der Waals surface area contributed by atoms with Crippen LogP contribution in [0.4, 0.5) is 0 Å². The van der Waals surface area contributed by atoms with Crippen LogP contribution in [0.3, 0.4) is 0 Å². The molecule has 0 aromatic heterocycles. The SMILES string of the molecule is CCCCOCCOCC(O)CNCCS(C)(=O)=O. The lowest BCUT2D eigenvalue weighted by Crippen LogP contribution is -2.33. The lowest BCUT2D eigenvalue weighted by Gasteiger charge is -2.12. The normalized spacial score (nSPS) is 13.6. The van der Waals surface area contributed by atoms with Crippen LogP contribution in [-0.2, 0) is 19.3 Å². The summed E-state index contributed by atoms with van der Waals surface area (Å²) in [5.41, 5.74) is 0. The van der Waals surface area contributed by atoms with Gasteiger partial charge in [0, 0.05) is 26.0 Å². The zero-order valence-electron chi connectivity index (χ0n) is 11.9. The number of rotatable bonds is 13. The predicted octanol–water partition coefficient (Wildman–Crippen LogP) is -0.185. The molecule has 2 N–H and O–H groups in total. The molecule has 0 rings (SSSR count). The number of nitrogens with one attached hydrogen (secondary N) is 1. The molecule has 0 heterocycles. The molecule has 0 aliphatic rings. The van der Waals surface area contributed by atoms with Crippen LogP contribution in [0.5, 0.6) is 0 Å². The first kappa shape index (κ1) is 18.8. The molecular weight excluding hydrogens is 270 g/mol. The summed E-state index contributed by atoms with van der Waals surface area (Å²) in [6.07, 6.45) is 2.72. The van der Waals surface area contributed by atoms with Crippen LogP contribution in [0.15, 0.2) is 0 Å². The Balaban J connectivity index is 3.28. The van der Waals surface area contributed by atoms with E-state index in [0.717, 1.165) is 19.4 Å². The van der Waals surface area contributed by atoms with Gasteiger partial charge in [0.2, 0.25) is 0 Å². The smallest absolute Gasteiger partial charge is 0.148 e. The highest BCUT2D eigenvalue weighted by Crippen LogP contribution is 1.89. The molecular formula is C12H27NO5S. The number of ether oxygens (including phenoxy) is 2. The molecule has 0 radical (unpaired) electrons. The molecule has 0 amide bonds. The van der Waals surface area contributed by atoms with Gasteiger partial charge in [-0.1, -0.05) is 13.3 Å². The van der Waals surface area contributed by atoms with Gasteiger partial charge < -0.3 is 19.9 Å². The monoisotopic (exact) mass is 297 g/mol. The Labute approximate surface area is 116 Å². The van der Waals surface area contributed by atoms with Crippen LogP contribution in [0, 0.1) is 0 Å². The largest absolute Gasteiger partial charge is 0.389 e. The third-order valence-corrected chi connectivity index (χ3v) is 3.30. The van der Waals surface area contributed by atoms with Crippen LogP contribution in [0.25, 0.3) is 0 Å². The summed E-state index contributed by atoms with van der Waals surface area (Å²) in [6, 6.07) is 0. The van der Waals surface area contributed by atoms with E-state index in [1.807, 2.05) is 0 Å². The Morgan fingerprint density at radius 1 is 1.21 bits per heavy atom. The fourth-order valence-corrected chi connectivity index (χ4v) is 1.79. The fraction of sp³-hybridized carbons (Fsp3) is 1.00. The average molecular weight is 297 g/mol. The highest BCUT2D eigenvalue weighted by molar-refractivity contribution is 7.90. The van der Waals surface area contributed by atoms with Crippen LogP contribution >= 0.6 is 0 Å². The Bertz CT molecular complexity index is 294. The minimum absolute atomic E-state index is 0.0752. The lowest BCUT2D eigenvalue weighted by molar-refractivity contribution is 0.00409. The van der Waals surface area contributed by atoms with Gasteiger partial charge in [-0.15, -0.1) is 0 Å². The molecule has 0 fully saturated rings. The van der Waals surface area contributed by atoms with Crippen molar-refractivity contribution in [1.82, 2.24) is 5.32 Å². The Kier molecular flexibility index (Phi) is 11.5. The second-order valence-electron chi connectivity index (χ2n) is 4.53. The van der Waals surface area contributed by atoms with Crippen LogP contribution in [-0.4, -0.2) is 71.2 Å². The van der Waals surface area contributed by atoms with Crippen molar-refractivity contribution in [3.05, 3.63) is 0 Å². The lowest BCUT2D eigenvalue weighted by atomic mass is 10.4. The Morgan fingerprint density at radius 2 is 1.89 bits per heavy atom. The van der Waals surface area contributed by atoms with Gasteiger partial charge in [-0.05, 0) is 6.42 Å². The molecule has 19 heavy (non-hydrogen) atoms. The van der Waals surface area contributed by atoms with Gasteiger partial charge in [-0.2, -0.15) is 0 Å². The van der Waals surface area contributed by atoms with Crippen LogP contribution in [0.2, 0.25) is 0 Å². The summed E-state index contributed by atoms with van der Waals surface area (Å²) in [6.45, 7) is 4.74. The topological polar surface area (TPSA) is 84.9 Å². The molecule has 0 spiro atoms. The summed E-state index contributed by atoms with van der Waals surface area (Å²) in [4.78, 5) is 0. The molecule has 0 aliphatic carbocycles. The standard InChI is InChI=1S/C12H27NO5S/c1-3-4-6-17-7-8-18-11-12(14)10-13-5-9-19(2,15)16/h12-14H,3-11H2,1-2H3. The first-order valence-corrected chi connectivity index (χ1v) is 8.73. The van der Waals surface area contributed by atoms with E-state index < -0.39 is 15.9 Å². The third-order valence-electron chi connectivity index (χ3n) is 2.35. The van der Waals surface area contributed by atoms with E-state index in [2.05, 4.69) is 12.2 Å². The average Bonchev–Trinajstić information content (AvgIpc) is 2.32. The van der Waals surface area contributed by atoms with Crippen molar-refractivity contribution in [2.24, 2.45) is 0 Å². The second kappa shape index (κ2) is 11.6. The summed E-state index contributed by atoms with van der Waals surface area (Å²) < 4.78 is 32.3. The first-order valence-electron chi connectivity index (χ1n) is 6.67. The van der Waals surface area contributed by atoms with Crippen molar-refractivity contribution in [3.8, 4) is 0 Å². The minimum atomic E-state index is -2.95. The highest BCUT2D eigenvalue weighted by Gasteiger charge is 2.05. The van der Waals surface area contributed by atoms with Crippen molar-refractivity contribution in [3.63, 3.8) is 0 Å². The van der Waals surface area contributed by atoms with Crippen molar-refractivity contribution >= 4 is 9.84 Å². The Morgan fingerprint density at radius 3 is 2.53 bits per heavy atom. The van der Waals surface area contributed by atoms with E-state index in [-0.39, 0.29) is 12.4 Å². The van der Waals surface area contributed by atoms with Gasteiger partial charge in [0.15, 0.2) is 0 Å². The molecule has 116 valence electrons. The van der Waals surface area contributed by atoms with Crippen molar-refractivity contribution < 1.29 is 23.0 Å². The summed E-state index contributed by atoms with van der Waals surface area (Å²) in [5, 5.41) is 12.4. The maximum atomic E-state index is 10.9. The molecule has 0 aromatic rings. The number of unbranched alkanes of at least 4 members (excludes halogenated alkanes) is 1. The molecule has 0 aromatic carbocycles. The van der Waals surface area contributed by atoms with E-state index in [9.17, 15) is 13.5 Å². The summed E-state index contributed by atoms with van der Waals surface area (Å²) in [5.74, 6) is 0.0752. The second-order valence-corrected chi connectivity index (χ2v) is 6.79. The predicted molar refractivity (Wildman–Crippen MR) is 75.1 cm³/mol. The van der Waals surface area contributed by atoms with E-state index in [1.54, 1.807) is 0 Å². The third kappa shape index (κ3) is 15.7. The fourth-order valence-electron chi connectivity index (χ4n) is 1.27.